The van der Waals surface area contributed by atoms with Crippen molar-refractivity contribution in [2.24, 2.45) is 11.7 Å². The third-order valence-corrected chi connectivity index (χ3v) is 5.17. The van der Waals surface area contributed by atoms with E-state index in [0.29, 0.717) is 12.0 Å². The van der Waals surface area contributed by atoms with Crippen molar-refractivity contribution >= 4 is 5.82 Å². The van der Waals surface area contributed by atoms with Gasteiger partial charge in [0.25, 0.3) is 0 Å². The van der Waals surface area contributed by atoms with Gasteiger partial charge in [-0.05, 0) is 44.4 Å². The van der Waals surface area contributed by atoms with E-state index in [-0.39, 0.29) is 0 Å². The maximum atomic E-state index is 5.89. The summed E-state index contributed by atoms with van der Waals surface area (Å²) in [6.45, 7) is 3.11. The molecule has 1 aliphatic carbocycles. The summed E-state index contributed by atoms with van der Waals surface area (Å²) < 4.78 is 5.15. The van der Waals surface area contributed by atoms with Crippen LogP contribution in [0.1, 0.15) is 50.1 Å². The molecule has 2 aliphatic rings. The number of anilines is 1. The highest BCUT2D eigenvalue weighted by atomic mass is 16.5. The zero-order valence-electron chi connectivity index (χ0n) is 13.6. The van der Waals surface area contributed by atoms with Crippen LogP contribution < -0.4 is 10.6 Å². The monoisotopic (exact) mass is 304 g/mol. The van der Waals surface area contributed by atoms with Gasteiger partial charge in [-0.25, -0.2) is 9.97 Å². The van der Waals surface area contributed by atoms with E-state index in [1.54, 1.807) is 13.4 Å². The van der Waals surface area contributed by atoms with Crippen LogP contribution in [0.15, 0.2) is 12.4 Å². The molecule has 0 atom stereocenters. The molecule has 2 N–H and O–H groups in total. The molecule has 1 aromatic heterocycles. The number of aromatic nitrogens is 2. The molecule has 0 unspecified atom stereocenters. The van der Waals surface area contributed by atoms with Gasteiger partial charge in [-0.2, -0.15) is 0 Å². The molecule has 2 heterocycles. The van der Waals surface area contributed by atoms with E-state index < -0.39 is 0 Å². The van der Waals surface area contributed by atoms with Crippen LogP contribution in [-0.2, 0) is 4.74 Å². The van der Waals surface area contributed by atoms with Gasteiger partial charge >= 0.3 is 0 Å². The van der Waals surface area contributed by atoms with Crippen molar-refractivity contribution in [2.45, 2.75) is 50.5 Å². The van der Waals surface area contributed by atoms with E-state index >= 15 is 0 Å². The minimum atomic E-state index is 0.367. The first-order valence-corrected chi connectivity index (χ1v) is 8.57. The highest BCUT2D eigenvalue weighted by Gasteiger charge is 2.29. The molecule has 0 amide bonds. The Kier molecular flexibility index (Phi) is 5.26. The Balaban J connectivity index is 1.51. The van der Waals surface area contributed by atoms with E-state index in [0.717, 1.165) is 44.3 Å². The summed E-state index contributed by atoms with van der Waals surface area (Å²) in [6, 6.07) is 2.55. The summed E-state index contributed by atoms with van der Waals surface area (Å²) in [5.41, 5.74) is 7.06. The maximum Gasteiger partial charge on any atom is 0.132 e. The lowest BCUT2D eigenvalue weighted by Crippen LogP contribution is -2.36. The average Bonchev–Trinajstić information content (AvgIpc) is 2.53. The summed E-state index contributed by atoms with van der Waals surface area (Å²) in [7, 11) is 1.78. The first kappa shape index (κ1) is 15.7. The lowest BCUT2D eigenvalue weighted by atomic mass is 9.78. The Morgan fingerprint density at radius 1 is 1.27 bits per heavy atom. The van der Waals surface area contributed by atoms with Crippen LogP contribution in [0.4, 0.5) is 5.82 Å². The van der Waals surface area contributed by atoms with Crippen LogP contribution in [0.3, 0.4) is 0 Å². The molecule has 22 heavy (non-hydrogen) atoms. The number of nitrogens with zero attached hydrogens (tertiary/aromatic N) is 3. The molecule has 1 saturated carbocycles. The molecular weight excluding hydrogens is 276 g/mol. The Morgan fingerprint density at radius 3 is 2.73 bits per heavy atom. The van der Waals surface area contributed by atoms with Crippen molar-refractivity contribution in [3.05, 3.63) is 18.1 Å². The number of hydrogen-bond donors (Lipinski definition) is 1. The zero-order valence-corrected chi connectivity index (χ0v) is 13.6. The fourth-order valence-corrected chi connectivity index (χ4v) is 3.63. The Bertz CT molecular complexity index is 467. The summed E-state index contributed by atoms with van der Waals surface area (Å²) in [5.74, 6) is 2.49. The molecule has 0 radical (unpaired) electrons. The smallest absolute Gasteiger partial charge is 0.132 e. The fraction of sp³-hybridized carbons (Fsp3) is 0.765. The van der Waals surface area contributed by atoms with Gasteiger partial charge in [0, 0.05) is 50.5 Å². The van der Waals surface area contributed by atoms with Gasteiger partial charge in [-0.1, -0.05) is 0 Å². The topological polar surface area (TPSA) is 64.3 Å². The van der Waals surface area contributed by atoms with Gasteiger partial charge in [-0.3, -0.25) is 0 Å². The van der Waals surface area contributed by atoms with E-state index in [1.807, 2.05) is 0 Å². The molecule has 1 aromatic rings. The second-order valence-electron chi connectivity index (χ2n) is 6.79. The largest absolute Gasteiger partial charge is 0.385 e. The molecule has 1 saturated heterocycles. The number of nitrogens with two attached hydrogens (primary N) is 1. The fourth-order valence-electron chi connectivity index (χ4n) is 3.63. The van der Waals surface area contributed by atoms with E-state index in [9.17, 15) is 0 Å². The summed E-state index contributed by atoms with van der Waals surface area (Å²) in [6.07, 6.45) is 8.85. The van der Waals surface area contributed by atoms with Crippen molar-refractivity contribution in [3.8, 4) is 0 Å². The molecule has 1 aliphatic heterocycles. The summed E-state index contributed by atoms with van der Waals surface area (Å²) in [5, 5.41) is 0. The normalized spacial score (nSPS) is 26.0. The number of rotatable bonds is 6. The Morgan fingerprint density at radius 2 is 2.05 bits per heavy atom. The highest BCUT2D eigenvalue weighted by molar-refractivity contribution is 5.40. The van der Waals surface area contributed by atoms with Crippen molar-refractivity contribution in [2.75, 3.05) is 31.7 Å². The van der Waals surface area contributed by atoms with Gasteiger partial charge in [0.2, 0.25) is 0 Å². The lowest BCUT2D eigenvalue weighted by molar-refractivity contribution is 0.183. The van der Waals surface area contributed by atoms with Crippen LogP contribution in [0.5, 0.6) is 0 Å². The maximum absolute atomic E-state index is 5.89. The van der Waals surface area contributed by atoms with Crippen LogP contribution in [0.2, 0.25) is 0 Å². The van der Waals surface area contributed by atoms with Crippen molar-refractivity contribution in [1.82, 2.24) is 9.97 Å². The lowest BCUT2D eigenvalue weighted by Gasteiger charge is -2.34. The van der Waals surface area contributed by atoms with Crippen LogP contribution in [0, 0.1) is 5.92 Å². The number of ether oxygens (including phenoxy) is 1. The van der Waals surface area contributed by atoms with Crippen molar-refractivity contribution in [3.63, 3.8) is 0 Å². The van der Waals surface area contributed by atoms with Crippen molar-refractivity contribution in [1.29, 1.82) is 0 Å². The minimum Gasteiger partial charge on any atom is -0.385 e. The number of piperidine rings is 1. The molecule has 122 valence electrons. The SMILES string of the molecule is COCCCC1CCN(c2cc(C3CC(N)C3)ncn2)CC1. The summed E-state index contributed by atoms with van der Waals surface area (Å²) in [4.78, 5) is 11.3. The third-order valence-electron chi connectivity index (χ3n) is 5.17. The van der Waals surface area contributed by atoms with Gasteiger partial charge < -0.3 is 15.4 Å². The predicted molar refractivity (Wildman–Crippen MR) is 88.0 cm³/mol. The molecule has 5 nitrogen and oxygen atoms in total. The van der Waals surface area contributed by atoms with Gasteiger partial charge in [-0.15, -0.1) is 0 Å². The number of hydrogen-bond acceptors (Lipinski definition) is 5. The van der Waals surface area contributed by atoms with Crippen LogP contribution >= 0.6 is 0 Å². The van der Waals surface area contributed by atoms with Crippen LogP contribution in [0.25, 0.3) is 0 Å². The Labute approximate surface area is 133 Å². The average molecular weight is 304 g/mol. The second-order valence-corrected chi connectivity index (χ2v) is 6.79. The van der Waals surface area contributed by atoms with Gasteiger partial charge in [0.15, 0.2) is 0 Å². The van der Waals surface area contributed by atoms with E-state index in [4.69, 9.17) is 10.5 Å². The second kappa shape index (κ2) is 7.38. The summed E-state index contributed by atoms with van der Waals surface area (Å²) >= 11 is 0. The van der Waals surface area contributed by atoms with E-state index in [2.05, 4.69) is 20.9 Å². The zero-order chi connectivity index (χ0) is 15.4. The van der Waals surface area contributed by atoms with Gasteiger partial charge in [0.1, 0.15) is 12.1 Å². The molecule has 0 bridgehead atoms. The van der Waals surface area contributed by atoms with E-state index in [1.165, 1.54) is 31.4 Å². The first-order valence-electron chi connectivity index (χ1n) is 8.57. The van der Waals surface area contributed by atoms with Crippen molar-refractivity contribution < 1.29 is 4.74 Å². The number of methoxy groups -OCH3 is 1. The van der Waals surface area contributed by atoms with Gasteiger partial charge in [0.05, 0.1) is 0 Å². The molecule has 2 fully saturated rings. The van der Waals surface area contributed by atoms with Crippen LogP contribution in [-0.4, -0.2) is 42.8 Å². The quantitative estimate of drug-likeness (QED) is 0.817. The predicted octanol–water partition coefficient (Wildman–Crippen LogP) is 2.32. The molecule has 3 rings (SSSR count). The molecule has 0 spiro atoms. The third kappa shape index (κ3) is 3.76. The Hall–Kier alpha value is -1.20. The molecule has 5 heteroatoms. The molecule has 0 aromatic carbocycles. The standard InChI is InChI=1S/C17H28N4O/c1-22-8-2-3-13-4-6-21(7-5-13)17-11-16(19-12-20-17)14-9-15(18)10-14/h11-15H,2-10,18H2,1H3. The molecular formula is C17H28N4O. The highest BCUT2D eigenvalue weighted by Crippen LogP contribution is 2.35. The minimum absolute atomic E-state index is 0.367. The first-order chi connectivity index (χ1) is 10.8.